The highest BCUT2D eigenvalue weighted by atomic mass is 15.1. The van der Waals surface area contributed by atoms with Crippen LogP contribution in [-0.2, 0) is 13.0 Å². The second kappa shape index (κ2) is 7.80. The fraction of sp³-hybridized carbons (Fsp3) is 0.667. The zero-order chi connectivity index (χ0) is 14.4. The van der Waals surface area contributed by atoms with Crippen LogP contribution in [0, 0.1) is 5.92 Å². The van der Waals surface area contributed by atoms with Crippen molar-refractivity contribution in [3.63, 3.8) is 0 Å². The normalized spacial score (nSPS) is 23.2. The molecule has 0 amide bonds. The van der Waals surface area contributed by atoms with Crippen molar-refractivity contribution in [1.82, 2.24) is 4.90 Å². The van der Waals surface area contributed by atoms with Gasteiger partial charge >= 0.3 is 0 Å². The molecule has 0 aliphatic heterocycles. The summed E-state index contributed by atoms with van der Waals surface area (Å²) in [5, 5.41) is 0. The minimum atomic E-state index is 0.738. The third kappa shape index (κ3) is 4.07. The minimum absolute atomic E-state index is 0.738. The maximum atomic E-state index is 5.72. The average molecular weight is 274 g/mol. The van der Waals surface area contributed by atoms with Crippen LogP contribution in [0.1, 0.15) is 50.2 Å². The Morgan fingerprint density at radius 3 is 2.35 bits per heavy atom. The summed E-state index contributed by atoms with van der Waals surface area (Å²) >= 11 is 0. The lowest BCUT2D eigenvalue weighted by Crippen LogP contribution is -2.35. The van der Waals surface area contributed by atoms with Crippen LogP contribution < -0.4 is 5.73 Å². The van der Waals surface area contributed by atoms with E-state index in [1.54, 1.807) is 0 Å². The molecule has 0 heterocycles. The van der Waals surface area contributed by atoms with E-state index < -0.39 is 0 Å². The highest BCUT2D eigenvalue weighted by molar-refractivity contribution is 5.27. The van der Waals surface area contributed by atoms with Crippen LogP contribution in [0.4, 0.5) is 0 Å². The second-order valence-corrected chi connectivity index (χ2v) is 6.31. The van der Waals surface area contributed by atoms with Gasteiger partial charge in [-0.3, -0.25) is 4.90 Å². The molecular formula is C18H30N2. The summed E-state index contributed by atoms with van der Waals surface area (Å²) in [6, 6.07) is 9.53. The van der Waals surface area contributed by atoms with E-state index in [2.05, 4.69) is 43.1 Å². The molecule has 2 nitrogen and oxygen atoms in total. The highest BCUT2D eigenvalue weighted by Gasteiger charge is 2.23. The van der Waals surface area contributed by atoms with Crippen molar-refractivity contribution in [2.45, 2.75) is 58.0 Å². The predicted molar refractivity (Wildman–Crippen MR) is 86.7 cm³/mol. The fourth-order valence-electron chi connectivity index (χ4n) is 3.50. The number of hydrogen-bond donors (Lipinski definition) is 1. The maximum absolute atomic E-state index is 5.72. The van der Waals surface area contributed by atoms with Gasteiger partial charge in [-0.1, -0.05) is 37.6 Å². The predicted octanol–water partition coefficient (Wildman–Crippen LogP) is 3.59. The smallest absolute Gasteiger partial charge is 0.0236 e. The molecule has 2 rings (SSSR count). The summed E-state index contributed by atoms with van der Waals surface area (Å²) < 4.78 is 0. The lowest BCUT2D eigenvalue weighted by Gasteiger charge is -2.34. The molecule has 1 fully saturated rings. The molecule has 2 heteroatoms. The second-order valence-electron chi connectivity index (χ2n) is 6.31. The molecule has 1 saturated carbocycles. The summed E-state index contributed by atoms with van der Waals surface area (Å²) in [4.78, 5) is 2.56. The SMILES string of the molecule is CCC1CCC(N(C)Cc2ccccc2CCN)CC1. The Morgan fingerprint density at radius 1 is 1.10 bits per heavy atom. The van der Waals surface area contributed by atoms with Crippen molar-refractivity contribution < 1.29 is 0 Å². The number of hydrogen-bond acceptors (Lipinski definition) is 2. The molecule has 2 N–H and O–H groups in total. The van der Waals surface area contributed by atoms with E-state index in [0.29, 0.717) is 0 Å². The maximum Gasteiger partial charge on any atom is 0.0236 e. The van der Waals surface area contributed by atoms with E-state index in [1.807, 2.05) is 0 Å². The topological polar surface area (TPSA) is 29.3 Å². The van der Waals surface area contributed by atoms with E-state index >= 15 is 0 Å². The van der Waals surface area contributed by atoms with E-state index in [9.17, 15) is 0 Å². The first-order chi connectivity index (χ1) is 9.74. The Labute approximate surface area is 124 Å². The lowest BCUT2D eigenvalue weighted by atomic mass is 9.84. The van der Waals surface area contributed by atoms with Gasteiger partial charge in [-0.15, -0.1) is 0 Å². The van der Waals surface area contributed by atoms with Crippen LogP contribution in [0.2, 0.25) is 0 Å². The van der Waals surface area contributed by atoms with Crippen molar-refractivity contribution >= 4 is 0 Å². The van der Waals surface area contributed by atoms with E-state index in [0.717, 1.165) is 31.5 Å². The Balaban J connectivity index is 1.93. The fourth-order valence-corrected chi connectivity index (χ4v) is 3.50. The van der Waals surface area contributed by atoms with Crippen molar-refractivity contribution in [2.24, 2.45) is 11.7 Å². The molecule has 1 aliphatic carbocycles. The number of rotatable bonds is 6. The molecule has 0 spiro atoms. The molecule has 1 aliphatic rings. The van der Waals surface area contributed by atoms with Crippen molar-refractivity contribution in [3.05, 3.63) is 35.4 Å². The molecule has 0 aromatic heterocycles. The minimum Gasteiger partial charge on any atom is -0.330 e. The van der Waals surface area contributed by atoms with Gasteiger partial charge in [0, 0.05) is 12.6 Å². The Morgan fingerprint density at radius 2 is 1.75 bits per heavy atom. The van der Waals surface area contributed by atoms with Crippen LogP contribution in [0.5, 0.6) is 0 Å². The van der Waals surface area contributed by atoms with Crippen LogP contribution in [0.3, 0.4) is 0 Å². The zero-order valence-corrected chi connectivity index (χ0v) is 13.1. The van der Waals surface area contributed by atoms with E-state index in [4.69, 9.17) is 5.73 Å². The van der Waals surface area contributed by atoms with Gasteiger partial charge in [0.2, 0.25) is 0 Å². The molecule has 1 aromatic carbocycles. The van der Waals surface area contributed by atoms with Crippen molar-refractivity contribution in [2.75, 3.05) is 13.6 Å². The summed E-state index contributed by atoms with van der Waals surface area (Å²) in [6.45, 7) is 4.14. The van der Waals surface area contributed by atoms with Gasteiger partial charge in [0.1, 0.15) is 0 Å². The first-order valence-corrected chi connectivity index (χ1v) is 8.21. The highest BCUT2D eigenvalue weighted by Crippen LogP contribution is 2.29. The summed E-state index contributed by atoms with van der Waals surface area (Å²) in [5.41, 5.74) is 8.60. The van der Waals surface area contributed by atoms with Gasteiger partial charge in [0.05, 0.1) is 0 Å². The van der Waals surface area contributed by atoms with E-state index in [1.165, 1.54) is 43.2 Å². The van der Waals surface area contributed by atoms with Crippen LogP contribution in [0.25, 0.3) is 0 Å². The van der Waals surface area contributed by atoms with Gasteiger partial charge in [-0.25, -0.2) is 0 Å². The number of benzene rings is 1. The zero-order valence-electron chi connectivity index (χ0n) is 13.1. The standard InChI is InChI=1S/C18H30N2/c1-3-15-8-10-18(11-9-15)20(2)14-17-7-5-4-6-16(17)12-13-19/h4-7,15,18H,3,8-14,19H2,1-2H3. The van der Waals surface area contributed by atoms with Crippen molar-refractivity contribution in [3.8, 4) is 0 Å². The quantitative estimate of drug-likeness (QED) is 0.859. The molecular weight excluding hydrogens is 244 g/mol. The summed E-state index contributed by atoms with van der Waals surface area (Å²) in [6.07, 6.45) is 7.91. The third-order valence-corrected chi connectivity index (χ3v) is 4.97. The van der Waals surface area contributed by atoms with Crippen molar-refractivity contribution in [1.29, 1.82) is 0 Å². The molecule has 1 aromatic rings. The average Bonchev–Trinajstić information content (AvgIpc) is 2.49. The van der Waals surface area contributed by atoms with Crippen LogP contribution in [0.15, 0.2) is 24.3 Å². The number of nitrogens with two attached hydrogens (primary N) is 1. The van der Waals surface area contributed by atoms with Gasteiger partial charge in [-0.05, 0) is 62.7 Å². The molecule has 0 atom stereocenters. The first kappa shape index (κ1) is 15.5. The molecule has 112 valence electrons. The summed E-state index contributed by atoms with van der Waals surface area (Å²) in [7, 11) is 2.29. The van der Waals surface area contributed by atoms with Crippen LogP contribution in [-0.4, -0.2) is 24.5 Å². The summed E-state index contributed by atoms with van der Waals surface area (Å²) in [5.74, 6) is 0.976. The van der Waals surface area contributed by atoms with Gasteiger partial charge in [-0.2, -0.15) is 0 Å². The Bertz CT molecular complexity index is 394. The number of nitrogens with zero attached hydrogens (tertiary/aromatic N) is 1. The largest absolute Gasteiger partial charge is 0.330 e. The molecule has 0 bridgehead atoms. The molecule has 20 heavy (non-hydrogen) atoms. The van der Waals surface area contributed by atoms with Gasteiger partial charge < -0.3 is 5.73 Å². The molecule has 0 radical (unpaired) electrons. The first-order valence-electron chi connectivity index (χ1n) is 8.21. The van der Waals surface area contributed by atoms with Gasteiger partial charge in [0.25, 0.3) is 0 Å². The third-order valence-electron chi connectivity index (χ3n) is 4.97. The van der Waals surface area contributed by atoms with Crippen LogP contribution >= 0.6 is 0 Å². The molecule has 0 unspecified atom stereocenters. The molecule has 0 saturated heterocycles. The Hall–Kier alpha value is -0.860. The monoisotopic (exact) mass is 274 g/mol. The van der Waals surface area contributed by atoms with E-state index in [-0.39, 0.29) is 0 Å². The lowest BCUT2D eigenvalue weighted by molar-refractivity contribution is 0.157. The van der Waals surface area contributed by atoms with Gasteiger partial charge in [0.15, 0.2) is 0 Å². The Kier molecular flexibility index (Phi) is 6.06.